The van der Waals surface area contributed by atoms with E-state index < -0.39 is 60.2 Å². The number of benzene rings is 1. The Hall–Kier alpha value is -4.72. The molecule has 4 rings (SSSR count). The Morgan fingerprint density at radius 3 is 2.38 bits per heavy atom. The molecule has 1 aliphatic rings. The van der Waals surface area contributed by atoms with Crippen molar-refractivity contribution in [1.82, 2.24) is 36.2 Å². The van der Waals surface area contributed by atoms with Gasteiger partial charge in [0.15, 0.2) is 0 Å². The van der Waals surface area contributed by atoms with Crippen molar-refractivity contribution >= 4 is 40.6 Å². The van der Waals surface area contributed by atoms with Gasteiger partial charge in [-0.05, 0) is 31.0 Å². The predicted molar refractivity (Wildman–Crippen MR) is 141 cm³/mol. The molecule has 0 saturated carbocycles. The standard InChI is InChI=1S/C26H31N7O7/c34-22(35)10-20(32-23(36)18-6-3-7-28-18)25(38)31-19(8-14-11-29-17-5-2-1-4-16(14)17)24(37)33-21(26(39)40)9-15-12-27-13-30-15/h1-2,4-5,11-13,18-21,28-29H,3,6-10H2,(H,27,30)(H,31,38)(H,32,36)(H,33,37)(H,34,35)(H,39,40). The molecule has 1 aromatic carbocycles. The molecule has 3 amide bonds. The van der Waals surface area contributed by atoms with E-state index in [0.29, 0.717) is 24.2 Å². The van der Waals surface area contributed by atoms with Gasteiger partial charge in [0.05, 0.1) is 18.8 Å². The van der Waals surface area contributed by atoms with Crippen LogP contribution in [0.15, 0.2) is 43.0 Å². The molecule has 0 bridgehead atoms. The van der Waals surface area contributed by atoms with Crippen LogP contribution in [0.4, 0.5) is 0 Å². The molecule has 1 fully saturated rings. The molecule has 4 atom stereocenters. The molecule has 8 N–H and O–H groups in total. The van der Waals surface area contributed by atoms with E-state index in [1.54, 1.807) is 6.20 Å². The summed E-state index contributed by atoms with van der Waals surface area (Å²) in [4.78, 5) is 72.5. The van der Waals surface area contributed by atoms with E-state index in [4.69, 9.17) is 0 Å². The van der Waals surface area contributed by atoms with Crippen LogP contribution in [0.5, 0.6) is 0 Å². The summed E-state index contributed by atoms with van der Waals surface area (Å²) < 4.78 is 0. The van der Waals surface area contributed by atoms with Gasteiger partial charge in [-0.2, -0.15) is 0 Å². The summed E-state index contributed by atoms with van der Waals surface area (Å²) in [6, 6.07) is 2.70. The number of para-hydroxylation sites is 1. The number of amides is 3. The van der Waals surface area contributed by atoms with Gasteiger partial charge in [-0.25, -0.2) is 9.78 Å². The number of nitrogens with one attached hydrogen (secondary N) is 6. The smallest absolute Gasteiger partial charge is 0.326 e. The average molecular weight is 554 g/mol. The fourth-order valence-electron chi connectivity index (χ4n) is 4.66. The molecule has 40 heavy (non-hydrogen) atoms. The van der Waals surface area contributed by atoms with Crippen molar-refractivity contribution in [1.29, 1.82) is 0 Å². The molecule has 1 saturated heterocycles. The molecule has 3 heterocycles. The summed E-state index contributed by atoms with van der Waals surface area (Å²) in [6.45, 7) is 0.629. The Balaban J connectivity index is 1.55. The molecule has 0 aliphatic carbocycles. The van der Waals surface area contributed by atoms with Crippen molar-refractivity contribution in [2.24, 2.45) is 0 Å². The van der Waals surface area contributed by atoms with E-state index in [1.165, 1.54) is 12.5 Å². The van der Waals surface area contributed by atoms with Gasteiger partial charge in [-0.3, -0.25) is 19.2 Å². The maximum atomic E-state index is 13.4. The molecular weight excluding hydrogens is 522 g/mol. The third-order valence-corrected chi connectivity index (χ3v) is 6.71. The number of hydrogen-bond donors (Lipinski definition) is 8. The van der Waals surface area contributed by atoms with Crippen LogP contribution in [0.25, 0.3) is 10.9 Å². The number of rotatable bonds is 13. The quantitative estimate of drug-likeness (QED) is 0.136. The lowest BCUT2D eigenvalue weighted by atomic mass is 10.0. The average Bonchev–Trinajstić information content (AvgIpc) is 3.70. The van der Waals surface area contributed by atoms with Crippen LogP contribution in [0.3, 0.4) is 0 Å². The van der Waals surface area contributed by atoms with Crippen molar-refractivity contribution in [3.8, 4) is 0 Å². The molecular formula is C26H31N7O7. The van der Waals surface area contributed by atoms with Gasteiger partial charge in [0, 0.05) is 41.8 Å². The number of fused-ring (bicyclic) bond motifs is 1. The lowest BCUT2D eigenvalue weighted by molar-refractivity contribution is -0.143. The second kappa shape index (κ2) is 12.9. The third-order valence-electron chi connectivity index (χ3n) is 6.71. The second-order valence-electron chi connectivity index (χ2n) is 9.61. The fraction of sp³-hybridized carbons (Fsp3) is 0.385. The first kappa shape index (κ1) is 28.3. The van der Waals surface area contributed by atoms with Gasteiger partial charge in [0.2, 0.25) is 17.7 Å². The Labute approximate surface area is 228 Å². The first-order valence-corrected chi connectivity index (χ1v) is 12.8. The zero-order valence-electron chi connectivity index (χ0n) is 21.5. The normalized spacial score (nSPS) is 17.1. The van der Waals surface area contributed by atoms with Crippen molar-refractivity contribution in [3.63, 3.8) is 0 Å². The molecule has 14 nitrogen and oxygen atoms in total. The van der Waals surface area contributed by atoms with E-state index in [9.17, 15) is 34.2 Å². The number of imidazole rings is 1. The van der Waals surface area contributed by atoms with Crippen molar-refractivity contribution in [2.45, 2.75) is 56.3 Å². The number of aromatic amines is 2. The summed E-state index contributed by atoms with van der Waals surface area (Å²) in [5.74, 6) is -4.79. The zero-order valence-corrected chi connectivity index (χ0v) is 21.5. The van der Waals surface area contributed by atoms with Crippen LogP contribution in [-0.4, -0.2) is 85.5 Å². The van der Waals surface area contributed by atoms with Crippen LogP contribution >= 0.6 is 0 Å². The molecule has 4 unspecified atom stereocenters. The summed E-state index contributed by atoms with van der Waals surface area (Å²) in [5.41, 5.74) is 1.95. The SMILES string of the molecule is O=C(O)CC(NC(=O)C1CCCN1)C(=O)NC(Cc1c[nH]c2ccccc12)C(=O)NC(Cc1cnc[nH]1)C(=O)O. The first-order chi connectivity index (χ1) is 19.2. The number of carboxylic acids is 2. The number of aliphatic carboxylic acids is 2. The minimum absolute atomic E-state index is 0.0318. The lowest BCUT2D eigenvalue weighted by Crippen LogP contribution is -2.58. The lowest BCUT2D eigenvalue weighted by Gasteiger charge is -2.24. The monoisotopic (exact) mass is 553 g/mol. The largest absolute Gasteiger partial charge is 0.481 e. The maximum absolute atomic E-state index is 13.4. The van der Waals surface area contributed by atoms with E-state index in [1.807, 2.05) is 24.3 Å². The molecule has 0 radical (unpaired) electrons. The predicted octanol–water partition coefficient (Wildman–Crippen LogP) is -0.558. The van der Waals surface area contributed by atoms with Crippen LogP contribution < -0.4 is 21.3 Å². The second-order valence-corrected chi connectivity index (χ2v) is 9.61. The summed E-state index contributed by atoms with van der Waals surface area (Å²) >= 11 is 0. The van der Waals surface area contributed by atoms with E-state index in [2.05, 4.69) is 36.2 Å². The van der Waals surface area contributed by atoms with Crippen molar-refractivity contribution in [3.05, 3.63) is 54.2 Å². The van der Waals surface area contributed by atoms with Crippen LogP contribution in [0, 0.1) is 0 Å². The zero-order chi connectivity index (χ0) is 28.6. The van der Waals surface area contributed by atoms with Crippen molar-refractivity contribution < 1.29 is 34.2 Å². The molecule has 0 spiro atoms. The summed E-state index contributed by atoms with van der Waals surface area (Å²) in [6.07, 6.45) is 4.99. The van der Waals surface area contributed by atoms with Gasteiger partial charge >= 0.3 is 11.9 Å². The molecule has 2 aromatic heterocycles. The molecule has 3 aromatic rings. The highest BCUT2D eigenvalue weighted by Gasteiger charge is 2.33. The highest BCUT2D eigenvalue weighted by atomic mass is 16.4. The minimum atomic E-state index is -1.45. The topological polar surface area (TPSA) is 218 Å². The molecule has 1 aliphatic heterocycles. The number of carboxylic acid groups (broad SMARTS) is 2. The van der Waals surface area contributed by atoms with Crippen LogP contribution in [0.1, 0.15) is 30.5 Å². The number of hydrogen-bond acceptors (Lipinski definition) is 7. The molecule has 212 valence electrons. The van der Waals surface area contributed by atoms with Crippen LogP contribution in [0.2, 0.25) is 0 Å². The molecule has 14 heteroatoms. The van der Waals surface area contributed by atoms with Crippen molar-refractivity contribution in [2.75, 3.05) is 6.54 Å². The fourth-order valence-corrected chi connectivity index (χ4v) is 4.66. The van der Waals surface area contributed by atoms with E-state index >= 15 is 0 Å². The van der Waals surface area contributed by atoms with Crippen LogP contribution in [-0.2, 0) is 36.8 Å². The van der Waals surface area contributed by atoms with Gasteiger partial charge in [0.1, 0.15) is 18.1 Å². The van der Waals surface area contributed by atoms with Gasteiger partial charge in [-0.1, -0.05) is 18.2 Å². The number of carbonyl (C=O) groups excluding carboxylic acids is 3. The van der Waals surface area contributed by atoms with E-state index in [-0.39, 0.29) is 12.8 Å². The Morgan fingerprint density at radius 1 is 0.950 bits per heavy atom. The van der Waals surface area contributed by atoms with Gasteiger partial charge in [0.25, 0.3) is 0 Å². The van der Waals surface area contributed by atoms with Gasteiger partial charge < -0.3 is 41.4 Å². The summed E-state index contributed by atoms with van der Waals surface area (Å²) in [7, 11) is 0. The first-order valence-electron chi connectivity index (χ1n) is 12.8. The highest BCUT2D eigenvalue weighted by Crippen LogP contribution is 2.19. The Morgan fingerprint density at radius 2 is 1.70 bits per heavy atom. The number of nitrogens with zero attached hydrogens (tertiary/aromatic N) is 1. The summed E-state index contributed by atoms with van der Waals surface area (Å²) in [5, 5.41) is 30.4. The van der Waals surface area contributed by atoms with E-state index in [0.717, 1.165) is 17.3 Å². The Bertz CT molecular complexity index is 1360. The Kier molecular flexibility index (Phi) is 9.11. The number of carbonyl (C=O) groups is 5. The number of H-pyrrole nitrogens is 2. The third kappa shape index (κ3) is 7.22. The highest BCUT2D eigenvalue weighted by molar-refractivity contribution is 5.96. The van der Waals surface area contributed by atoms with Gasteiger partial charge in [-0.15, -0.1) is 0 Å². The maximum Gasteiger partial charge on any atom is 0.326 e. The number of aromatic nitrogens is 3. The minimum Gasteiger partial charge on any atom is -0.481 e.